The van der Waals surface area contributed by atoms with Gasteiger partial charge in [0.05, 0.1) is 5.69 Å². The monoisotopic (exact) mass is 221 g/mol. The predicted octanol–water partition coefficient (Wildman–Crippen LogP) is 2.31. The van der Waals surface area contributed by atoms with Crippen molar-refractivity contribution < 1.29 is 8.78 Å². The van der Waals surface area contributed by atoms with Crippen molar-refractivity contribution in [1.82, 2.24) is 9.97 Å². The van der Waals surface area contributed by atoms with Crippen LogP contribution < -0.4 is 5.73 Å². The van der Waals surface area contributed by atoms with Gasteiger partial charge in [-0.3, -0.25) is 0 Å². The first-order valence-corrected chi connectivity index (χ1v) is 4.63. The van der Waals surface area contributed by atoms with Crippen molar-refractivity contribution in [3.8, 4) is 11.3 Å². The largest absolute Gasteiger partial charge is 0.384 e. The van der Waals surface area contributed by atoms with E-state index in [1.54, 1.807) is 19.1 Å². The molecule has 0 bridgehead atoms. The number of hydrogen-bond acceptors (Lipinski definition) is 3. The topological polar surface area (TPSA) is 51.8 Å². The molecule has 0 saturated heterocycles. The summed E-state index contributed by atoms with van der Waals surface area (Å²) in [5.41, 5.74) is 7.10. The van der Waals surface area contributed by atoms with Crippen molar-refractivity contribution in [2.75, 3.05) is 5.73 Å². The highest BCUT2D eigenvalue weighted by atomic mass is 19.1. The zero-order valence-corrected chi connectivity index (χ0v) is 8.54. The van der Waals surface area contributed by atoms with Crippen LogP contribution in [0.25, 0.3) is 11.3 Å². The number of nitrogen functional groups attached to an aromatic ring is 1. The van der Waals surface area contributed by atoms with E-state index < -0.39 is 11.9 Å². The Morgan fingerprint density at radius 2 is 1.69 bits per heavy atom. The van der Waals surface area contributed by atoms with Crippen LogP contribution >= 0.6 is 0 Å². The van der Waals surface area contributed by atoms with Gasteiger partial charge in [0.1, 0.15) is 5.82 Å². The molecule has 2 N–H and O–H groups in total. The van der Waals surface area contributed by atoms with E-state index in [4.69, 9.17) is 5.73 Å². The number of hydrogen-bond donors (Lipinski definition) is 1. The van der Waals surface area contributed by atoms with Gasteiger partial charge in [0.15, 0.2) is 0 Å². The summed E-state index contributed by atoms with van der Waals surface area (Å²) in [6.45, 7) is 1.79. The summed E-state index contributed by atoms with van der Waals surface area (Å²) >= 11 is 0. The molecule has 0 unspecified atom stereocenters. The molecular formula is C11H9F2N3. The second-order valence-corrected chi connectivity index (χ2v) is 3.40. The zero-order valence-electron chi connectivity index (χ0n) is 8.54. The summed E-state index contributed by atoms with van der Waals surface area (Å²) in [6, 6.07) is 5.62. The first-order chi connectivity index (χ1) is 7.56. The molecule has 0 aliphatic carbocycles. The maximum Gasteiger partial charge on any atom is 0.216 e. The third kappa shape index (κ3) is 1.98. The summed E-state index contributed by atoms with van der Waals surface area (Å²) in [5, 5.41) is 0. The summed E-state index contributed by atoms with van der Waals surface area (Å²) in [5.74, 6) is -1.45. The van der Waals surface area contributed by atoms with Crippen molar-refractivity contribution >= 4 is 5.82 Å². The first kappa shape index (κ1) is 10.5. The van der Waals surface area contributed by atoms with Crippen molar-refractivity contribution in [2.24, 2.45) is 0 Å². The molecule has 5 heteroatoms. The summed E-state index contributed by atoms with van der Waals surface area (Å²) in [4.78, 5) is 7.06. The summed E-state index contributed by atoms with van der Waals surface area (Å²) in [6.07, 6.45) is 0. The van der Waals surface area contributed by atoms with Gasteiger partial charge >= 0.3 is 0 Å². The van der Waals surface area contributed by atoms with Gasteiger partial charge < -0.3 is 5.73 Å². The van der Waals surface area contributed by atoms with E-state index >= 15 is 0 Å². The second kappa shape index (κ2) is 3.84. The lowest BCUT2D eigenvalue weighted by molar-refractivity contribution is 0.513. The fourth-order valence-electron chi connectivity index (χ4n) is 1.44. The van der Waals surface area contributed by atoms with Gasteiger partial charge in [0, 0.05) is 17.7 Å². The minimum atomic E-state index is -0.876. The molecule has 0 atom stereocenters. The summed E-state index contributed by atoms with van der Waals surface area (Å²) in [7, 11) is 0. The third-order valence-electron chi connectivity index (χ3n) is 2.15. The molecule has 3 nitrogen and oxygen atoms in total. The normalized spacial score (nSPS) is 10.4. The maximum absolute atomic E-state index is 12.9. The predicted molar refractivity (Wildman–Crippen MR) is 56.5 cm³/mol. The van der Waals surface area contributed by atoms with Crippen molar-refractivity contribution in [3.63, 3.8) is 0 Å². The van der Waals surface area contributed by atoms with Crippen molar-refractivity contribution in [3.05, 3.63) is 41.7 Å². The van der Waals surface area contributed by atoms with E-state index in [0.717, 1.165) is 17.7 Å². The quantitative estimate of drug-likeness (QED) is 0.752. The average molecular weight is 221 g/mol. The SMILES string of the molecule is Cc1ccc(N)nc1-c1cc(F)nc(F)c1. The van der Waals surface area contributed by atoms with Crippen LogP contribution in [-0.4, -0.2) is 9.97 Å². The Morgan fingerprint density at radius 3 is 2.31 bits per heavy atom. The van der Waals surface area contributed by atoms with Gasteiger partial charge in [-0.15, -0.1) is 0 Å². The highest BCUT2D eigenvalue weighted by Crippen LogP contribution is 2.22. The van der Waals surface area contributed by atoms with Crippen LogP contribution in [0.1, 0.15) is 5.56 Å². The smallest absolute Gasteiger partial charge is 0.216 e. The molecule has 2 heterocycles. The molecule has 0 fully saturated rings. The van der Waals surface area contributed by atoms with E-state index in [1.807, 2.05) is 0 Å². The molecule has 0 aliphatic rings. The standard InChI is InChI=1S/C11H9F2N3/c1-6-2-3-10(14)16-11(6)7-4-8(12)15-9(13)5-7/h2-5H,1H3,(H2,14,16). The van der Waals surface area contributed by atoms with Gasteiger partial charge in [0.2, 0.25) is 11.9 Å². The van der Waals surface area contributed by atoms with Crippen LogP contribution in [0.2, 0.25) is 0 Å². The van der Waals surface area contributed by atoms with Crippen LogP contribution in [0.5, 0.6) is 0 Å². The molecule has 0 saturated carbocycles. The molecule has 0 aliphatic heterocycles. The van der Waals surface area contributed by atoms with Crippen LogP contribution in [0.15, 0.2) is 24.3 Å². The van der Waals surface area contributed by atoms with Gasteiger partial charge in [-0.2, -0.15) is 13.8 Å². The van der Waals surface area contributed by atoms with Gasteiger partial charge in [0.25, 0.3) is 0 Å². The number of aromatic nitrogens is 2. The lowest BCUT2D eigenvalue weighted by atomic mass is 10.1. The van der Waals surface area contributed by atoms with Crippen LogP contribution in [0.4, 0.5) is 14.6 Å². The Kier molecular flexibility index (Phi) is 2.52. The molecule has 2 aromatic heterocycles. The van der Waals surface area contributed by atoms with Crippen LogP contribution in [-0.2, 0) is 0 Å². The van der Waals surface area contributed by atoms with E-state index in [1.165, 1.54) is 0 Å². The number of pyridine rings is 2. The Labute approximate surface area is 91.0 Å². The molecular weight excluding hydrogens is 212 g/mol. The van der Waals surface area contributed by atoms with Crippen LogP contribution in [0, 0.1) is 18.8 Å². The average Bonchev–Trinajstić information content (AvgIpc) is 2.20. The zero-order chi connectivity index (χ0) is 11.7. The molecule has 2 rings (SSSR count). The highest BCUT2D eigenvalue weighted by molar-refractivity contribution is 5.64. The number of halogens is 2. The number of aryl methyl sites for hydroxylation is 1. The molecule has 0 spiro atoms. The fourth-order valence-corrected chi connectivity index (χ4v) is 1.44. The second-order valence-electron chi connectivity index (χ2n) is 3.40. The molecule has 2 aromatic rings. The summed E-state index contributed by atoms with van der Waals surface area (Å²) < 4.78 is 25.9. The van der Waals surface area contributed by atoms with E-state index in [-0.39, 0.29) is 0 Å². The third-order valence-corrected chi connectivity index (χ3v) is 2.15. The van der Waals surface area contributed by atoms with Gasteiger partial charge in [-0.25, -0.2) is 4.98 Å². The molecule has 16 heavy (non-hydrogen) atoms. The van der Waals surface area contributed by atoms with Crippen molar-refractivity contribution in [2.45, 2.75) is 6.92 Å². The molecule has 0 radical (unpaired) electrons. The Bertz CT molecular complexity index is 520. The number of rotatable bonds is 1. The lowest BCUT2D eigenvalue weighted by Gasteiger charge is -2.05. The Balaban J connectivity index is 2.62. The number of nitrogens with two attached hydrogens (primary N) is 1. The highest BCUT2D eigenvalue weighted by Gasteiger charge is 2.08. The number of anilines is 1. The molecule has 82 valence electrons. The number of nitrogens with zero attached hydrogens (tertiary/aromatic N) is 2. The maximum atomic E-state index is 12.9. The fraction of sp³-hybridized carbons (Fsp3) is 0.0909. The Hall–Kier alpha value is -2.04. The minimum absolute atomic E-state index is 0.304. The Morgan fingerprint density at radius 1 is 1.06 bits per heavy atom. The van der Waals surface area contributed by atoms with Gasteiger partial charge in [-0.1, -0.05) is 6.07 Å². The van der Waals surface area contributed by atoms with Crippen molar-refractivity contribution in [1.29, 1.82) is 0 Å². The van der Waals surface area contributed by atoms with E-state index in [2.05, 4.69) is 9.97 Å². The molecule has 0 aromatic carbocycles. The first-order valence-electron chi connectivity index (χ1n) is 4.63. The van der Waals surface area contributed by atoms with Crippen LogP contribution in [0.3, 0.4) is 0 Å². The minimum Gasteiger partial charge on any atom is -0.384 e. The molecule has 0 amide bonds. The van der Waals surface area contributed by atoms with E-state index in [9.17, 15) is 8.78 Å². The van der Waals surface area contributed by atoms with E-state index in [0.29, 0.717) is 17.1 Å². The van der Waals surface area contributed by atoms with Gasteiger partial charge in [-0.05, 0) is 18.6 Å². The lowest BCUT2D eigenvalue weighted by Crippen LogP contribution is -1.97.